The zero-order chi connectivity index (χ0) is 16.8. The minimum absolute atomic E-state index is 0.243. The zero-order valence-corrected chi connectivity index (χ0v) is 13.1. The van der Waals surface area contributed by atoms with E-state index in [-0.39, 0.29) is 18.7 Å². The molecule has 1 aliphatic rings. The molecule has 0 aliphatic carbocycles. The second-order valence-corrected chi connectivity index (χ2v) is 5.55. The largest absolute Gasteiger partial charge is 0.438 e. The van der Waals surface area contributed by atoms with Crippen LogP contribution in [0.3, 0.4) is 0 Å². The van der Waals surface area contributed by atoms with Gasteiger partial charge in [-0.2, -0.15) is 0 Å². The summed E-state index contributed by atoms with van der Waals surface area (Å²) in [5.41, 5.74) is 0.0299. The molecule has 1 heterocycles. The van der Waals surface area contributed by atoms with Crippen molar-refractivity contribution in [2.45, 2.75) is 5.60 Å². The number of carbonyl (C=O) groups excluding carboxylic acids is 2. The topological polar surface area (TPSA) is 61.8 Å². The SMILES string of the molecule is O=CC(OCOC(=O)C1COC1)(c1ccccc1)c1ccccc1. The van der Waals surface area contributed by atoms with Gasteiger partial charge >= 0.3 is 5.97 Å². The quantitative estimate of drug-likeness (QED) is 0.444. The number of esters is 1. The van der Waals surface area contributed by atoms with Crippen LogP contribution in [-0.2, 0) is 29.4 Å². The molecule has 0 unspecified atom stereocenters. The monoisotopic (exact) mass is 326 g/mol. The fourth-order valence-electron chi connectivity index (χ4n) is 2.55. The Balaban J connectivity index is 1.82. The molecular formula is C19H18O5. The summed E-state index contributed by atoms with van der Waals surface area (Å²) in [6, 6.07) is 18.3. The van der Waals surface area contributed by atoms with E-state index in [4.69, 9.17) is 14.2 Å². The van der Waals surface area contributed by atoms with E-state index >= 15 is 0 Å². The van der Waals surface area contributed by atoms with Crippen molar-refractivity contribution in [2.75, 3.05) is 20.0 Å². The molecule has 0 bridgehead atoms. The summed E-state index contributed by atoms with van der Waals surface area (Å²) in [7, 11) is 0. The van der Waals surface area contributed by atoms with Crippen LogP contribution in [0, 0.1) is 5.92 Å². The fourth-order valence-corrected chi connectivity index (χ4v) is 2.55. The first-order chi connectivity index (χ1) is 11.8. The average molecular weight is 326 g/mol. The normalized spacial score (nSPS) is 14.7. The van der Waals surface area contributed by atoms with Crippen LogP contribution < -0.4 is 0 Å². The number of aldehydes is 1. The molecule has 0 atom stereocenters. The third-order valence-electron chi connectivity index (χ3n) is 4.03. The Bertz CT molecular complexity index is 640. The fraction of sp³-hybridized carbons (Fsp3) is 0.263. The maximum Gasteiger partial charge on any atom is 0.315 e. The van der Waals surface area contributed by atoms with Crippen molar-refractivity contribution in [3.63, 3.8) is 0 Å². The first kappa shape index (κ1) is 16.4. The Kier molecular flexibility index (Phi) is 5.03. The van der Waals surface area contributed by atoms with Gasteiger partial charge in [-0.25, -0.2) is 0 Å². The molecule has 0 N–H and O–H groups in total. The summed E-state index contributed by atoms with van der Waals surface area (Å²) in [6.07, 6.45) is 0.734. The lowest BCUT2D eigenvalue weighted by molar-refractivity contribution is -0.185. The van der Waals surface area contributed by atoms with Crippen molar-refractivity contribution in [3.8, 4) is 0 Å². The molecule has 0 spiro atoms. The molecule has 124 valence electrons. The number of benzene rings is 2. The number of hydrogen-bond acceptors (Lipinski definition) is 5. The molecule has 1 saturated heterocycles. The van der Waals surface area contributed by atoms with Crippen molar-refractivity contribution in [1.29, 1.82) is 0 Å². The molecule has 1 aliphatic heterocycles. The molecule has 3 rings (SSSR count). The van der Waals surface area contributed by atoms with Gasteiger partial charge in [0, 0.05) is 0 Å². The Morgan fingerprint density at radius 1 is 1.04 bits per heavy atom. The van der Waals surface area contributed by atoms with E-state index in [0.717, 1.165) is 6.29 Å². The van der Waals surface area contributed by atoms with Crippen LogP contribution in [0.2, 0.25) is 0 Å². The third kappa shape index (κ3) is 3.22. The lowest BCUT2D eigenvalue weighted by atomic mass is 9.87. The number of carbonyl (C=O) groups is 2. The van der Waals surface area contributed by atoms with E-state index in [0.29, 0.717) is 24.3 Å². The van der Waals surface area contributed by atoms with Gasteiger partial charge in [-0.3, -0.25) is 9.59 Å². The molecule has 24 heavy (non-hydrogen) atoms. The van der Waals surface area contributed by atoms with Gasteiger partial charge in [-0.05, 0) is 11.1 Å². The Morgan fingerprint density at radius 3 is 2.00 bits per heavy atom. The Labute approximate surface area is 140 Å². The van der Waals surface area contributed by atoms with Crippen LogP contribution in [0.5, 0.6) is 0 Å². The first-order valence-corrected chi connectivity index (χ1v) is 7.72. The van der Waals surface area contributed by atoms with Crippen molar-refractivity contribution in [3.05, 3.63) is 71.8 Å². The molecule has 1 fully saturated rings. The Hall–Kier alpha value is -2.50. The summed E-state index contributed by atoms with van der Waals surface area (Å²) in [4.78, 5) is 23.8. The van der Waals surface area contributed by atoms with E-state index in [1.54, 1.807) is 0 Å². The minimum atomic E-state index is -1.32. The van der Waals surface area contributed by atoms with Crippen LogP contribution in [-0.4, -0.2) is 32.3 Å². The summed E-state index contributed by atoms with van der Waals surface area (Å²) >= 11 is 0. The van der Waals surface area contributed by atoms with Crippen LogP contribution >= 0.6 is 0 Å². The Morgan fingerprint density at radius 2 is 1.58 bits per heavy atom. The van der Waals surface area contributed by atoms with Crippen molar-refractivity contribution in [1.82, 2.24) is 0 Å². The highest BCUT2D eigenvalue weighted by atomic mass is 16.7. The maximum absolute atomic E-state index is 12.0. The van der Waals surface area contributed by atoms with Gasteiger partial charge in [-0.1, -0.05) is 60.7 Å². The molecule has 5 nitrogen and oxygen atoms in total. The van der Waals surface area contributed by atoms with E-state index in [9.17, 15) is 9.59 Å². The van der Waals surface area contributed by atoms with Crippen molar-refractivity contribution < 1.29 is 23.8 Å². The van der Waals surface area contributed by atoms with Gasteiger partial charge in [0.1, 0.15) is 5.92 Å². The van der Waals surface area contributed by atoms with Crippen LogP contribution in [0.4, 0.5) is 0 Å². The van der Waals surface area contributed by atoms with Gasteiger partial charge in [0.05, 0.1) is 13.2 Å². The van der Waals surface area contributed by atoms with E-state index in [1.807, 2.05) is 60.7 Å². The highest BCUT2D eigenvalue weighted by molar-refractivity contribution is 5.74. The van der Waals surface area contributed by atoms with Gasteiger partial charge < -0.3 is 14.2 Å². The third-order valence-corrected chi connectivity index (χ3v) is 4.03. The predicted octanol–water partition coefficient (Wildman–Crippen LogP) is 2.29. The summed E-state index contributed by atoms with van der Waals surface area (Å²) in [5, 5.41) is 0. The highest BCUT2D eigenvalue weighted by Gasteiger charge is 2.36. The van der Waals surface area contributed by atoms with Crippen LogP contribution in [0.25, 0.3) is 0 Å². The number of hydrogen-bond donors (Lipinski definition) is 0. The van der Waals surface area contributed by atoms with Crippen molar-refractivity contribution >= 4 is 12.3 Å². The second-order valence-electron chi connectivity index (χ2n) is 5.55. The number of rotatable bonds is 7. The summed E-state index contributed by atoms with van der Waals surface area (Å²) in [5.74, 6) is -0.616. The maximum atomic E-state index is 12.0. The summed E-state index contributed by atoms with van der Waals surface area (Å²) in [6.45, 7) is 0.432. The number of ether oxygens (including phenoxy) is 3. The predicted molar refractivity (Wildman–Crippen MR) is 86.1 cm³/mol. The lowest BCUT2D eigenvalue weighted by Gasteiger charge is -2.30. The molecular weight excluding hydrogens is 308 g/mol. The van der Waals surface area contributed by atoms with E-state index < -0.39 is 5.60 Å². The van der Waals surface area contributed by atoms with Crippen molar-refractivity contribution in [2.24, 2.45) is 5.92 Å². The van der Waals surface area contributed by atoms with Gasteiger partial charge in [0.25, 0.3) is 0 Å². The van der Waals surface area contributed by atoms with E-state index in [2.05, 4.69) is 0 Å². The summed E-state index contributed by atoms with van der Waals surface area (Å²) < 4.78 is 15.9. The molecule has 0 saturated carbocycles. The molecule has 0 aromatic heterocycles. The molecule has 2 aromatic carbocycles. The minimum Gasteiger partial charge on any atom is -0.438 e. The van der Waals surface area contributed by atoms with Gasteiger partial charge in [-0.15, -0.1) is 0 Å². The molecule has 5 heteroatoms. The lowest BCUT2D eigenvalue weighted by Crippen LogP contribution is -2.38. The zero-order valence-electron chi connectivity index (χ0n) is 13.1. The molecule has 0 amide bonds. The standard InChI is InChI=1S/C19H18O5/c20-13-19(16-7-3-1-4-8-16,17-9-5-2-6-10-17)24-14-23-18(21)15-11-22-12-15/h1-10,13,15H,11-12,14H2. The van der Waals surface area contributed by atoms with Crippen LogP contribution in [0.1, 0.15) is 11.1 Å². The first-order valence-electron chi connectivity index (χ1n) is 7.72. The second kappa shape index (κ2) is 7.38. The highest BCUT2D eigenvalue weighted by Crippen LogP contribution is 2.32. The molecule has 2 aromatic rings. The van der Waals surface area contributed by atoms with Gasteiger partial charge in [0.15, 0.2) is 18.7 Å². The molecule has 0 radical (unpaired) electrons. The van der Waals surface area contributed by atoms with Gasteiger partial charge in [0.2, 0.25) is 0 Å². The van der Waals surface area contributed by atoms with Crippen LogP contribution in [0.15, 0.2) is 60.7 Å². The van der Waals surface area contributed by atoms with E-state index in [1.165, 1.54) is 0 Å². The smallest absolute Gasteiger partial charge is 0.315 e. The average Bonchev–Trinajstić information content (AvgIpc) is 2.59.